The highest BCUT2D eigenvalue weighted by Gasteiger charge is 2.16. The third-order valence-electron chi connectivity index (χ3n) is 2.23. The summed E-state index contributed by atoms with van der Waals surface area (Å²) in [6.07, 6.45) is 1.35. The van der Waals surface area contributed by atoms with Gasteiger partial charge in [-0.3, -0.25) is 0 Å². The molecular weight excluding hydrogens is 277 g/mol. The van der Waals surface area contributed by atoms with Crippen LogP contribution in [0.3, 0.4) is 0 Å². The molecule has 0 N–H and O–H groups in total. The predicted molar refractivity (Wildman–Crippen MR) is 67.7 cm³/mol. The van der Waals surface area contributed by atoms with E-state index in [1.807, 2.05) is 30.3 Å². The molecule has 1 aromatic rings. The van der Waals surface area contributed by atoms with Crippen LogP contribution in [-0.2, 0) is 9.13 Å². The van der Waals surface area contributed by atoms with Gasteiger partial charge in [0.2, 0.25) is 0 Å². The molecule has 0 aromatic heterocycles. The van der Waals surface area contributed by atoms with Gasteiger partial charge in [-0.15, -0.1) is 0 Å². The SMILES string of the molecule is O=[P+]([O-])CCP(CC[P+](=O)[O-])c1ccccc1. The second-order valence-electron chi connectivity index (χ2n) is 3.44. The minimum absolute atomic E-state index is 0.131. The number of rotatable bonds is 7. The van der Waals surface area contributed by atoms with Crippen molar-refractivity contribution in [3.05, 3.63) is 30.3 Å². The quantitative estimate of drug-likeness (QED) is 0.702. The lowest BCUT2D eigenvalue weighted by atomic mass is 10.4. The number of hydrogen-bond donors (Lipinski definition) is 0. The summed E-state index contributed by atoms with van der Waals surface area (Å²) in [6, 6.07) is 9.53. The van der Waals surface area contributed by atoms with Gasteiger partial charge in [0.15, 0.2) is 0 Å². The largest absolute Gasteiger partial charge is 0.596 e. The molecule has 92 valence electrons. The monoisotopic (exact) mass is 290 g/mol. The Morgan fingerprint density at radius 2 is 1.41 bits per heavy atom. The summed E-state index contributed by atoms with van der Waals surface area (Å²) in [6.45, 7) is 0. The third kappa shape index (κ3) is 6.31. The van der Waals surface area contributed by atoms with Gasteiger partial charge in [-0.05, 0) is 5.30 Å². The lowest BCUT2D eigenvalue weighted by Gasteiger charge is -2.14. The summed E-state index contributed by atoms with van der Waals surface area (Å²) >= 11 is 0. The van der Waals surface area contributed by atoms with E-state index in [-0.39, 0.29) is 12.3 Å². The van der Waals surface area contributed by atoms with E-state index in [1.54, 1.807) is 0 Å². The maximum absolute atomic E-state index is 10.6. The molecule has 0 aliphatic carbocycles. The van der Waals surface area contributed by atoms with Crippen molar-refractivity contribution in [1.29, 1.82) is 0 Å². The van der Waals surface area contributed by atoms with Gasteiger partial charge in [0.05, 0.1) is 0 Å². The minimum atomic E-state index is -2.38. The first kappa shape index (κ1) is 14.8. The van der Waals surface area contributed by atoms with E-state index in [0.717, 1.165) is 5.30 Å². The molecule has 0 saturated heterocycles. The molecule has 7 heteroatoms. The van der Waals surface area contributed by atoms with Crippen molar-refractivity contribution in [3.63, 3.8) is 0 Å². The second-order valence-corrected chi connectivity index (χ2v) is 8.15. The molecule has 0 heterocycles. The maximum atomic E-state index is 10.6. The fourth-order valence-corrected chi connectivity index (χ4v) is 5.99. The molecule has 1 rings (SSSR count). The van der Waals surface area contributed by atoms with E-state index < -0.39 is 24.0 Å². The Morgan fingerprint density at radius 1 is 0.941 bits per heavy atom. The van der Waals surface area contributed by atoms with Gasteiger partial charge < -0.3 is 9.79 Å². The van der Waals surface area contributed by atoms with Crippen LogP contribution in [0, 0.1) is 0 Å². The first-order valence-corrected chi connectivity index (χ1v) is 9.57. The molecule has 0 fully saturated rings. The van der Waals surface area contributed by atoms with E-state index >= 15 is 0 Å². The lowest BCUT2D eigenvalue weighted by Crippen LogP contribution is -2.10. The summed E-state index contributed by atoms with van der Waals surface area (Å²) in [4.78, 5) is 21.2. The Bertz CT molecular complexity index is 364. The minimum Gasteiger partial charge on any atom is -0.596 e. The number of benzene rings is 1. The van der Waals surface area contributed by atoms with E-state index in [9.17, 15) is 18.9 Å². The topological polar surface area (TPSA) is 80.3 Å². The van der Waals surface area contributed by atoms with Crippen LogP contribution < -0.4 is 15.1 Å². The molecule has 0 bridgehead atoms. The van der Waals surface area contributed by atoms with E-state index in [0.29, 0.717) is 12.3 Å². The van der Waals surface area contributed by atoms with Crippen LogP contribution in [0.5, 0.6) is 0 Å². The highest BCUT2D eigenvalue weighted by atomic mass is 31.1. The molecule has 4 nitrogen and oxygen atoms in total. The number of hydrogen-bond acceptors (Lipinski definition) is 4. The summed E-state index contributed by atoms with van der Waals surface area (Å²) < 4.78 is 21.2. The fourth-order valence-electron chi connectivity index (χ4n) is 1.41. The predicted octanol–water partition coefficient (Wildman–Crippen LogP) is 0.999. The van der Waals surface area contributed by atoms with E-state index in [2.05, 4.69) is 0 Å². The van der Waals surface area contributed by atoms with Crippen molar-refractivity contribution in [3.8, 4) is 0 Å². The van der Waals surface area contributed by atoms with Gasteiger partial charge in [0, 0.05) is 12.3 Å². The first-order valence-electron chi connectivity index (χ1n) is 5.13. The smallest absolute Gasteiger partial charge is 0.309 e. The zero-order valence-corrected chi connectivity index (χ0v) is 11.9. The summed E-state index contributed by atoms with van der Waals surface area (Å²) in [5.74, 6) is 0. The Labute approximate surface area is 104 Å². The van der Waals surface area contributed by atoms with Crippen LogP contribution in [0.1, 0.15) is 0 Å². The fraction of sp³-hybridized carbons (Fsp3) is 0.400. The van der Waals surface area contributed by atoms with Crippen molar-refractivity contribution in [2.24, 2.45) is 0 Å². The summed E-state index contributed by atoms with van der Waals surface area (Å²) in [5, 5.41) is 1.07. The van der Waals surface area contributed by atoms with Crippen LogP contribution >= 0.6 is 24.0 Å². The molecule has 2 unspecified atom stereocenters. The molecular formula is C10H13O4P3. The zero-order chi connectivity index (χ0) is 12.7. The van der Waals surface area contributed by atoms with Crippen LogP contribution in [0.2, 0.25) is 0 Å². The van der Waals surface area contributed by atoms with Crippen LogP contribution in [0.15, 0.2) is 30.3 Å². The van der Waals surface area contributed by atoms with Gasteiger partial charge in [-0.1, -0.05) is 47.4 Å². The average Bonchev–Trinajstić information content (AvgIpc) is 2.29. The van der Waals surface area contributed by atoms with Crippen LogP contribution in [0.25, 0.3) is 0 Å². The molecule has 0 spiro atoms. The molecule has 17 heavy (non-hydrogen) atoms. The maximum Gasteiger partial charge on any atom is 0.309 e. The molecule has 0 amide bonds. The Balaban J connectivity index is 2.64. The van der Waals surface area contributed by atoms with Crippen LogP contribution in [0.4, 0.5) is 0 Å². The van der Waals surface area contributed by atoms with Crippen molar-refractivity contribution >= 4 is 29.3 Å². The third-order valence-corrected chi connectivity index (χ3v) is 6.66. The van der Waals surface area contributed by atoms with E-state index in [1.165, 1.54) is 0 Å². The average molecular weight is 290 g/mol. The Morgan fingerprint density at radius 3 is 1.82 bits per heavy atom. The lowest BCUT2D eigenvalue weighted by molar-refractivity contribution is -0.164. The molecule has 1 aromatic carbocycles. The van der Waals surface area contributed by atoms with Crippen molar-refractivity contribution < 1.29 is 18.9 Å². The zero-order valence-electron chi connectivity index (χ0n) is 9.19. The highest BCUT2D eigenvalue weighted by Crippen LogP contribution is 2.37. The van der Waals surface area contributed by atoms with Gasteiger partial charge >= 0.3 is 16.1 Å². The Kier molecular flexibility index (Phi) is 6.96. The molecule has 0 radical (unpaired) electrons. The molecule has 2 atom stereocenters. The highest BCUT2D eigenvalue weighted by molar-refractivity contribution is 7.66. The molecule has 0 aliphatic heterocycles. The van der Waals surface area contributed by atoms with Crippen molar-refractivity contribution in [2.75, 3.05) is 24.6 Å². The second kappa shape index (κ2) is 7.97. The first-order chi connectivity index (χ1) is 8.09. The van der Waals surface area contributed by atoms with Gasteiger partial charge in [-0.2, -0.15) is 0 Å². The van der Waals surface area contributed by atoms with E-state index in [4.69, 9.17) is 0 Å². The molecule has 0 aliphatic rings. The van der Waals surface area contributed by atoms with Crippen molar-refractivity contribution in [1.82, 2.24) is 0 Å². The summed E-state index contributed by atoms with van der Waals surface area (Å²) in [7, 11) is -5.46. The molecule has 0 saturated carbocycles. The Hall–Kier alpha value is -0.230. The summed E-state index contributed by atoms with van der Waals surface area (Å²) in [5.41, 5.74) is 0. The van der Waals surface area contributed by atoms with Gasteiger partial charge in [0.1, 0.15) is 12.3 Å². The van der Waals surface area contributed by atoms with Gasteiger partial charge in [-0.25, -0.2) is 0 Å². The van der Waals surface area contributed by atoms with Crippen molar-refractivity contribution in [2.45, 2.75) is 0 Å². The van der Waals surface area contributed by atoms with Gasteiger partial charge in [0.25, 0.3) is 0 Å². The standard InChI is InChI=1S/C10H13O4P3/c11-16(12)8-6-15(7-9-17(13)14)10-4-2-1-3-5-10/h1-5H,6-9H2. The van der Waals surface area contributed by atoms with Crippen LogP contribution in [-0.4, -0.2) is 24.6 Å². The normalized spacial score (nSPS) is 14.2.